The lowest BCUT2D eigenvalue weighted by molar-refractivity contribution is -0.130. The second kappa shape index (κ2) is 6.86. The highest BCUT2D eigenvalue weighted by Crippen LogP contribution is 2.33. The van der Waals surface area contributed by atoms with Crippen LogP contribution in [0.3, 0.4) is 0 Å². The first-order valence-electron chi connectivity index (χ1n) is 7.50. The molecule has 2 rings (SSSR count). The van der Waals surface area contributed by atoms with Gasteiger partial charge in [-0.2, -0.15) is 0 Å². The largest absolute Gasteiger partial charge is 0.297 e. The van der Waals surface area contributed by atoms with Crippen LogP contribution < -0.4 is 0 Å². The highest BCUT2D eigenvalue weighted by Gasteiger charge is 2.39. The Kier molecular flexibility index (Phi) is 5.39. The maximum atomic E-state index is 13.0. The zero-order chi connectivity index (χ0) is 14.6. The van der Waals surface area contributed by atoms with Crippen LogP contribution in [0.15, 0.2) is 28.7 Å². The van der Waals surface area contributed by atoms with Crippen LogP contribution in [-0.4, -0.2) is 30.3 Å². The van der Waals surface area contributed by atoms with Crippen molar-refractivity contribution in [3.63, 3.8) is 0 Å². The number of hydrogen-bond donors (Lipinski definition) is 0. The van der Waals surface area contributed by atoms with Crippen LogP contribution in [-0.2, 0) is 11.2 Å². The van der Waals surface area contributed by atoms with E-state index in [2.05, 4.69) is 34.9 Å². The van der Waals surface area contributed by atoms with Crippen LogP contribution in [0.1, 0.15) is 44.1 Å². The third-order valence-corrected chi connectivity index (χ3v) is 5.39. The molecule has 0 unspecified atom stereocenters. The quantitative estimate of drug-likeness (QED) is 0.767. The number of rotatable bonds is 4. The maximum Gasteiger partial charge on any atom is 0.157 e. The van der Waals surface area contributed by atoms with Gasteiger partial charge in [-0.15, -0.1) is 0 Å². The predicted octanol–water partition coefficient (Wildman–Crippen LogP) is 4.22. The summed E-state index contributed by atoms with van der Waals surface area (Å²) in [5.41, 5.74) is 0.842. The molecule has 0 spiro atoms. The summed E-state index contributed by atoms with van der Waals surface area (Å²) in [7, 11) is 4.12. The molecule has 1 aliphatic rings. The minimum Gasteiger partial charge on any atom is -0.297 e. The fourth-order valence-corrected chi connectivity index (χ4v) is 3.69. The van der Waals surface area contributed by atoms with E-state index in [-0.39, 0.29) is 5.54 Å². The summed E-state index contributed by atoms with van der Waals surface area (Å²) in [4.78, 5) is 15.1. The summed E-state index contributed by atoms with van der Waals surface area (Å²) in [6.07, 6.45) is 7.39. The number of carbonyl (C=O) groups is 1. The van der Waals surface area contributed by atoms with Crippen molar-refractivity contribution in [3.05, 3.63) is 34.3 Å². The Morgan fingerprint density at radius 1 is 1.15 bits per heavy atom. The van der Waals surface area contributed by atoms with Crippen LogP contribution >= 0.6 is 15.9 Å². The first-order valence-corrected chi connectivity index (χ1v) is 8.30. The molecule has 2 nitrogen and oxygen atoms in total. The molecule has 3 heteroatoms. The lowest BCUT2D eigenvalue weighted by Crippen LogP contribution is -2.51. The van der Waals surface area contributed by atoms with Crippen molar-refractivity contribution in [2.45, 2.75) is 50.5 Å². The number of halogens is 1. The van der Waals surface area contributed by atoms with Crippen molar-refractivity contribution >= 4 is 21.7 Å². The van der Waals surface area contributed by atoms with Gasteiger partial charge in [-0.25, -0.2) is 0 Å². The van der Waals surface area contributed by atoms with Gasteiger partial charge in [-0.3, -0.25) is 9.69 Å². The zero-order valence-electron chi connectivity index (χ0n) is 12.5. The molecule has 0 heterocycles. The molecule has 1 fully saturated rings. The fourth-order valence-electron chi connectivity index (χ4n) is 3.27. The average Bonchev–Trinajstić information content (AvgIpc) is 2.68. The smallest absolute Gasteiger partial charge is 0.157 e. The number of nitrogens with zero attached hydrogens (tertiary/aromatic N) is 1. The highest BCUT2D eigenvalue weighted by atomic mass is 79.9. The standard InChI is InChI=1S/C17H24BrNO/c1-19(2)17(11-7-3-4-8-12-17)16(20)13-14-9-5-6-10-15(14)18/h5-6,9-10H,3-4,7-8,11-13H2,1-2H3. The van der Waals surface area contributed by atoms with Crippen LogP contribution in [0.5, 0.6) is 0 Å². The first kappa shape index (κ1) is 15.7. The molecule has 0 radical (unpaired) electrons. The lowest BCUT2D eigenvalue weighted by atomic mass is 9.82. The minimum atomic E-state index is -0.258. The Balaban J connectivity index is 2.21. The topological polar surface area (TPSA) is 20.3 Å². The van der Waals surface area contributed by atoms with E-state index in [4.69, 9.17) is 0 Å². The SMILES string of the molecule is CN(C)C1(C(=O)Cc2ccccc2Br)CCCCCC1. The molecule has 0 bridgehead atoms. The van der Waals surface area contributed by atoms with E-state index in [9.17, 15) is 4.79 Å². The summed E-state index contributed by atoms with van der Waals surface area (Å²) in [5, 5.41) is 0. The minimum absolute atomic E-state index is 0.258. The van der Waals surface area contributed by atoms with E-state index in [1.54, 1.807) is 0 Å². The molecular formula is C17H24BrNO. The van der Waals surface area contributed by atoms with Gasteiger partial charge in [0.2, 0.25) is 0 Å². The summed E-state index contributed by atoms with van der Waals surface area (Å²) in [5.74, 6) is 0.372. The second-order valence-electron chi connectivity index (χ2n) is 6.03. The average molecular weight is 338 g/mol. The van der Waals surface area contributed by atoms with Gasteiger partial charge in [-0.05, 0) is 38.6 Å². The van der Waals surface area contributed by atoms with Crippen molar-refractivity contribution in [2.24, 2.45) is 0 Å². The fraction of sp³-hybridized carbons (Fsp3) is 0.588. The van der Waals surface area contributed by atoms with Crippen molar-refractivity contribution in [3.8, 4) is 0 Å². The van der Waals surface area contributed by atoms with E-state index in [0.29, 0.717) is 12.2 Å². The Labute approximate surface area is 130 Å². The second-order valence-corrected chi connectivity index (χ2v) is 6.89. The molecule has 1 saturated carbocycles. The van der Waals surface area contributed by atoms with Gasteiger partial charge in [0.1, 0.15) is 0 Å². The number of carbonyl (C=O) groups excluding carboxylic acids is 1. The maximum absolute atomic E-state index is 13.0. The Morgan fingerprint density at radius 3 is 2.30 bits per heavy atom. The Bertz CT molecular complexity index is 462. The Hall–Kier alpha value is -0.670. The number of likely N-dealkylation sites (N-methyl/N-ethyl adjacent to an activating group) is 1. The molecule has 110 valence electrons. The molecule has 1 aromatic rings. The van der Waals surface area contributed by atoms with E-state index in [1.807, 2.05) is 24.3 Å². The van der Waals surface area contributed by atoms with Gasteiger partial charge in [0.25, 0.3) is 0 Å². The van der Waals surface area contributed by atoms with E-state index < -0.39 is 0 Å². The molecule has 1 aromatic carbocycles. The lowest BCUT2D eigenvalue weighted by Gasteiger charge is -2.38. The summed E-state index contributed by atoms with van der Waals surface area (Å²) >= 11 is 3.55. The van der Waals surface area contributed by atoms with Gasteiger partial charge in [-0.1, -0.05) is 59.8 Å². The third-order valence-electron chi connectivity index (χ3n) is 4.61. The van der Waals surface area contributed by atoms with E-state index >= 15 is 0 Å². The number of Topliss-reactive ketones (excluding diaryl/α,β-unsaturated/α-hetero) is 1. The van der Waals surface area contributed by atoms with Crippen molar-refractivity contribution in [1.82, 2.24) is 4.90 Å². The Morgan fingerprint density at radius 2 is 1.75 bits per heavy atom. The van der Waals surface area contributed by atoms with Crippen LogP contribution in [0, 0.1) is 0 Å². The van der Waals surface area contributed by atoms with E-state index in [1.165, 1.54) is 25.7 Å². The van der Waals surface area contributed by atoms with Crippen molar-refractivity contribution < 1.29 is 4.79 Å². The normalized spacial score (nSPS) is 18.8. The van der Waals surface area contributed by atoms with Gasteiger partial charge < -0.3 is 0 Å². The molecule has 0 N–H and O–H groups in total. The summed E-state index contributed by atoms with van der Waals surface area (Å²) in [6.45, 7) is 0. The molecule has 20 heavy (non-hydrogen) atoms. The zero-order valence-corrected chi connectivity index (χ0v) is 14.1. The van der Waals surface area contributed by atoms with E-state index in [0.717, 1.165) is 22.9 Å². The monoisotopic (exact) mass is 337 g/mol. The predicted molar refractivity (Wildman–Crippen MR) is 87.0 cm³/mol. The van der Waals surface area contributed by atoms with Crippen molar-refractivity contribution in [1.29, 1.82) is 0 Å². The molecule has 0 saturated heterocycles. The van der Waals surface area contributed by atoms with Crippen molar-refractivity contribution in [2.75, 3.05) is 14.1 Å². The summed E-state index contributed by atoms with van der Waals surface area (Å²) < 4.78 is 1.04. The molecule has 1 aliphatic carbocycles. The highest BCUT2D eigenvalue weighted by molar-refractivity contribution is 9.10. The molecular weight excluding hydrogens is 314 g/mol. The number of benzene rings is 1. The molecule has 0 aromatic heterocycles. The molecule has 0 amide bonds. The number of hydrogen-bond acceptors (Lipinski definition) is 2. The number of ketones is 1. The van der Waals surface area contributed by atoms with Crippen LogP contribution in [0.25, 0.3) is 0 Å². The molecule has 0 atom stereocenters. The third kappa shape index (κ3) is 3.32. The van der Waals surface area contributed by atoms with Gasteiger partial charge in [0.05, 0.1) is 5.54 Å². The van der Waals surface area contributed by atoms with Gasteiger partial charge >= 0.3 is 0 Å². The first-order chi connectivity index (χ1) is 9.56. The van der Waals surface area contributed by atoms with Gasteiger partial charge in [0.15, 0.2) is 5.78 Å². The summed E-state index contributed by atoms with van der Waals surface area (Å²) in [6, 6.07) is 8.05. The van der Waals surface area contributed by atoms with Gasteiger partial charge in [0, 0.05) is 10.9 Å². The van der Waals surface area contributed by atoms with Crippen LogP contribution in [0.2, 0.25) is 0 Å². The molecule has 0 aliphatic heterocycles. The van der Waals surface area contributed by atoms with Crippen LogP contribution in [0.4, 0.5) is 0 Å².